The van der Waals surface area contributed by atoms with Gasteiger partial charge in [-0.25, -0.2) is 0 Å². The van der Waals surface area contributed by atoms with Crippen molar-refractivity contribution in [2.45, 2.75) is 12.8 Å². The second-order valence-corrected chi connectivity index (χ2v) is 4.14. The molecule has 0 atom stereocenters. The number of nitrogens with one attached hydrogen (secondary N) is 1. The van der Waals surface area contributed by atoms with Gasteiger partial charge in [0, 0.05) is 20.0 Å². The van der Waals surface area contributed by atoms with E-state index in [0.29, 0.717) is 0 Å². The van der Waals surface area contributed by atoms with Gasteiger partial charge in [-0.1, -0.05) is 24.0 Å². The van der Waals surface area contributed by atoms with Crippen LogP contribution in [-0.4, -0.2) is 34.9 Å². The molecule has 0 aromatic heterocycles. The fraction of sp³-hybridized carbons (Fsp3) is 0.714. The van der Waals surface area contributed by atoms with Gasteiger partial charge >= 0.3 is 0 Å². The third kappa shape index (κ3) is 2.64. The number of hydrogen-bond donors (Lipinski definition) is 1. The molecule has 0 saturated carbocycles. The van der Waals surface area contributed by atoms with Crippen LogP contribution in [0.2, 0.25) is 0 Å². The maximum Gasteiger partial charge on any atom is 0.153 e. The van der Waals surface area contributed by atoms with Crippen LogP contribution in [0.1, 0.15) is 12.8 Å². The van der Waals surface area contributed by atoms with E-state index in [2.05, 4.69) is 22.5 Å². The Morgan fingerprint density at radius 2 is 2.50 bits per heavy atom. The van der Waals surface area contributed by atoms with Gasteiger partial charge in [-0.2, -0.15) is 5.10 Å². The molecule has 1 rings (SSSR count). The van der Waals surface area contributed by atoms with E-state index < -0.39 is 0 Å². The maximum atomic E-state index is 4.95. The number of amidine groups is 1. The Morgan fingerprint density at radius 1 is 1.75 bits per heavy atom. The second kappa shape index (κ2) is 4.67. The van der Waals surface area contributed by atoms with Crippen LogP contribution in [0.3, 0.4) is 0 Å². The summed E-state index contributed by atoms with van der Waals surface area (Å²) in [6, 6.07) is 0. The normalized spacial score (nSPS) is 20.2. The van der Waals surface area contributed by atoms with Crippen LogP contribution in [0.25, 0.3) is 0 Å². The van der Waals surface area contributed by atoms with Gasteiger partial charge in [0.15, 0.2) is 4.32 Å². The predicted molar refractivity (Wildman–Crippen MR) is 58.5 cm³/mol. The minimum Gasteiger partial charge on any atom is -0.362 e. The molecule has 1 fully saturated rings. The Labute approximate surface area is 82.6 Å². The molecule has 5 heteroatoms. The number of likely N-dealkylation sites (tertiary alicyclic amines) is 1. The fourth-order valence-corrected chi connectivity index (χ4v) is 1.27. The maximum absolute atomic E-state index is 4.95. The highest BCUT2D eigenvalue weighted by Gasteiger charge is 2.13. The zero-order valence-corrected chi connectivity index (χ0v) is 8.97. The van der Waals surface area contributed by atoms with Crippen molar-refractivity contribution < 1.29 is 0 Å². The van der Waals surface area contributed by atoms with Gasteiger partial charge in [-0.3, -0.25) is 5.43 Å². The Hall–Kier alpha value is -0.290. The molecule has 0 amide bonds. The highest BCUT2D eigenvalue weighted by molar-refractivity contribution is 8.22. The third-order valence-electron chi connectivity index (χ3n) is 1.80. The average molecular weight is 203 g/mol. The number of hydrazone groups is 1. The summed E-state index contributed by atoms with van der Waals surface area (Å²) in [4.78, 5) is 2.15. The molecule has 0 aliphatic carbocycles. The zero-order chi connectivity index (χ0) is 8.97. The summed E-state index contributed by atoms with van der Waals surface area (Å²) < 4.78 is 0.725. The smallest absolute Gasteiger partial charge is 0.153 e. The lowest BCUT2D eigenvalue weighted by atomic mass is 10.4. The van der Waals surface area contributed by atoms with Crippen molar-refractivity contribution >= 4 is 34.1 Å². The van der Waals surface area contributed by atoms with Gasteiger partial charge in [-0.05, 0) is 12.7 Å². The molecule has 0 radical (unpaired) electrons. The standard InChI is InChI=1S/C7H13N3S2/c1-10-5-3-4-6(10)8-9-7(11)12-2/h3-5H2,1-2H3,(H,9,11)/b8-6+. The number of thioether (sulfide) groups is 1. The van der Waals surface area contributed by atoms with Gasteiger partial charge in [0.25, 0.3) is 0 Å². The first-order valence-corrected chi connectivity index (χ1v) is 5.49. The van der Waals surface area contributed by atoms with Crippen molar-refractivity contribution in [2.24, 2.45) is 5.10 Å². The molecule has 12 heavy (non-hydrogen) atoms. The molecule has 0 bridgehead atoms. The van der Waals surface area contributed by atoms with Gasteiger partial charge < -0.3 is 4.90 Å². The molecular weight excluding hydrogens is 190 g/mol. The number of rotatable bonds is 1. The van der Waals surface area contributed by atoms with Crippen molar-refractivity contribution in [3.8, 4) is 0 Å². The Morgan fingerprint density at radius 3 is 3.00 bits per heavy atom. The first kappa shape index (κ1) is 9.80. The Bertz CT molecular complexity index is 203. The van der Waals surface area contributed by atoms with Crippen LogP contribution in [0.4, 0.5) is 0 Å². The van der Waals surface area contributed by atoms with Gasteiger partial charge in [0.2, 0.25) is 0 Å². The topological polar surface area (TPSA) is 27.6 Å². The van der Waals surface area contributed by atoms with Gasteiger partial charge in [-0.15, -0.1) is 0 Å². The van der Waals surface area contributed by atoms with E-state index in [1.165, 1.54) is 18.2 Å². The van der Waals surface area contributed by atoms with Crippen molar-refractivity contribution in [1.82, 2.24) is 10.3 Å². The van der Waals surface area contributed by atoms with E-state index in [1.807, 2.05) is 6.26 Å². The summed E-state index contributed by atoms with van der Waals surface area (Å²) in [6.07, 6.45) is 4.19. The lowest BCUT2D eigenvalue weighted by molar-refractivity contribution is 0.546. The summed E-state index contributed by atoms with van der Waals surface area (Å²) in [6.45, 7) is 1.10. The molecule has 0 spiro atoms. The van der Waals surface area contributed by atoms with Crippen LogP contribution in [0.5, 0.6) is 0 Å². The molecule has 1 aliphatic heterocycles. The summed E-state index contributed by atoms with van der Waals surface area (Å²) in [5.74, 6) is 1.10. The van der Waals surface area contributed by atoms with Crippen LogP contribution in [-0.2, 0) is 0 Å². The largest absolute Gasteiger partial charge is 0.362 e. The zero-order valence-electron chi connectivity index (χ0n) is 7.33. The van der Waals surface area contributed by atoms with Crippen molar-refractivity contribution in [2.75, 3.05) is 19.8 Å². The average Bonchev–Trinajstić information content (AvgIpc) is 2.47. The SMILES string of the molecule is CSC(=S)N/N=C1\CCCN1C. The summed E-state index contributed by atoms with van der Waals surface area (Å²) in [5.41, 5.74) is 2.85. The third-order valence-corrected chi connectivity index (χ3v) is 2.85. The summed E-state index contributed by atoms with van der Waals surface area (Å²) >= 11 is 6.46. The first-order valence-electron chi connectivity index (χ1n) is 3.85. The van der Waals surface area contributed by atoms with Crippen molar-refractivity contribution in [3.05, 3.63) is 0 Å². The monoisotopic (exact) mass is 203 g/mol. The van der Waals surface area contributed by atoms with Gasteiger partial charge in [0.05, 0.1) is 0 Å². The molecule has 3 nitrogen and oxygen atoms in total. The molecule has 0 unspecified atom stereocenters. The van der Waals surface area contributed by atoms with Crippen LogP contribution in [0.15, 0.2) is 5.10 Å². The molecule has 0 aromatic carbocycles. The lowest BCUT2D eigenvalue weighted by Crippen LogP contribution is -2.23. The first-order chi connectivity index (χ1) is 5.74. The lowest BCUT2D eigenvalue weighted by Gasteiger charge is -2.10. The van der Waals surface area contributed by atoms with E-state index in [-0.39, 0.29) is 0 Å². The molecule has 1 aliphatic rings. The highest BCUT2D eigenvalue weighted by atomic mass is 32.2. The van der Waals surface area contributed by atoms with E-state index >= 15 is 0 Å². The molecule has 1 N–H and O–H groups in total. The number of nitrogens with zero attached hydrogens (tertiary/aromatic N) is 2. The second-order valence-electron chi connectivity index (χ2n) is 2.66. The van der Waals surface area contributed by atoms with E-state index in [1.54, 1.807) is 0 Å². The van der Waals surface area contributed by atoms with Crippen LogP contribution < -0.4 is 5.43 Å². The Kier molecular flexibility index (Phi) is 3.81. The van der Waals surface area contributed by atoms with Crippen molar-refractivity contribution in [3.63, 3.8) is 0 Å². The molecule has 1 saturated heterocycles. The summed E-state index contributed by atoms with van der Waals surface area (Å²) in [5, 5.41) is 4.21. The predicted octanol–water partition coefficient (Wildman–Crippen LogP) is 1.26. The molecular formula is C7H13N3S2. The molecule has 0 aromatic rings. The quantitative estimate of drug-likeness (QED) is 0.513. The fourth-order valence-electron chi connectivity index (χ4n) is 1.09. The van der Waals surface area contributed by atoms with Crippen LogP contribution in [0, 0.1) is 0 Å². The number of hydrogen-bond acceptors (Lipinski definition) is 3. The van der Waals surface area contributed by atoms with Gasteiger partial charge in [0.1, 0.15) is 5.84 Å². The van der Waals surface area contributed by atoms with Crippen molar-refractivity contribution in [1.29, 1.82) is 0 Å². The Balaban J connectivity index is 2.40. The molecule has 1 heterocycles. The minimum absolute atomic E-state index is 0.725. The molecule has 68 valence electrons. The van der Waals surface area contributed by atoms with E-state index in [9.17, 15) is 0 Å². The van der Waals surface area contributed by atoms with E-state index in [4.69, 9.17) is 12.2 Å². The highest BCUT2D eigenvalue weighted by Crippen LogP contribution is 2.08. The summed E-state index contributed by atoms with van der Waals surface area (Å²) in [7, 11) is 2.05. The minimum atomic E-state index is 0.725. The van der Waals surface area contributed by atoms with E-state index in [0.717, 1.165) is 23.1 Å². The van der Waals surface area contributed by atoms with Crippen LogP contribution >= 0.6 is 24.0 Å². The number of thiocarbonyl (C=S) groups is 1.